The summed E-state index contributed by atoms with van der Waals surface area (Å²) >= 11 is 0. The summed E-state index contributed by atoms with van der Waals surface area (Å²) in [6.07, 6.45) is 1.77. The van der Waals surface area contributed by atoms with Crippen molar-refractivity contribution in [2.45, 2.75) is 17.2 Å². The molecule has 0 amide bonds. The van der Waals surface area contributed by atoms with Crippen molar-refractivity contribution in [1.82, 2.24) is 4.98 Å². The zero-order chi connectivity index (χ0) is 13.7. The van der Waals surface area contributed by atoms with Gasteiger partial charge in [-0.25, -0.2) is 9.78 Å². The van der Waals surface area contributed by atoms with Crippen molar-refractivity contribution in [3.05, 3.63) is 59.8 Å². The van der Waals surface area contributed by atoms with Gasteiger partial charge >= 0.3 is 5.97 Å². The van der Waals surface area contributed by atoms with Gasteiger partial charge in [0.05, 0.1) is 5.56 Å². The van der Waals surface area contributed by atoms with E-state index in [1.807, 2.05) is 30.3 Å². The highest BCUT2D eigenvalue weighted by atomic mass is 33.1. The predicted molar refractivity (Wildman–Crippen MR) is 79.5 cm³/mol. The lowest BCUT2D eigenvalue weighted by Crippen LogP contribution is -1.96. The summed E-state index contributed by atoms with van der Waals surface area (Å²) in [6, 6.07) is 12.8. The van der Waals surface area contributed by atoms with Gasteiger partial charge in [-0.1, -0.05) is 29.0 Å². The Balaban J connectivity index is 1.96. The Kier molecular flexibility index (Phi) is 4.87. The highest BCUT2D eigenvalue weighted by molar-refractivity contribution is 8.76. The topological polar surface area (TPSA) is 50.2 Å². The van der Waals surface area contributed by atoms with Crippen molar-refractivity contribution in [2.75, 3.05) is 0 Å². The first-order valence-corrected chi connectivity index (χ1v) is 7.96. The van der Waals surface area contributed by atoms with Crippen LogP contribution >= 0.6 is 21.6 Å². The lowest BCUT2D eigenvalue weighted by atomic mass is 10.1. The fourth-order valence-electron chi connectivity index (χ4n) is 1.47. The van der Waals surface area contributed by atoms with E-state index in [-0.39, 0.29) is 5.25 Å². The molecule has 98 valence electrons. The van der Waals surface area contributed by atoms with Gasteiger partial charge in [-0.2, -0.15) is 0 Å². The summed E-state index contributed by atoms with van der Waals surface area (Å²) in [5, 5.41) is 10.1. The number of pyridine rings is 1. The van der Waals surface area contributed by atoms with Gasteiger partial charge in [0.15, 0.2) is 0 Å². The Labute approximate surface area is 119 Å². The van der Waals surface area contributed by atoms with Crippen LogP contribution in [-0.4, -0.2) is 16.1 Å². The average Bonchev–Trinajstić information content (AvgIpc) is 2.46. The van der Waals surface area contributed by atoms with Crippen molar-refractivity contribution >= 4 is 27.6 Å². The van der Waals surface area contributed by atoms with Crippen LogP contribution in [0.25, 0.3) is 0 Å². The molecule has 1 N–H and O–H groups in total. The fraction of sp³-hybridized carbons (Fsp3) is 0.143. The largest absolute Gasteiger partial charge is 0.478 e. The number of carboxylic acids is 1. The minimum atomic E-state index is -0.894. The van der Waals surface area contributed by atoms with Gasteiger partial charge in [0.1, 0.15) is 5.03 Å². The molecule has 0 aliphatic heterocycles. The normalized spacial score (nSPS) is 12.1. The zero-order valence-electron chi connectivity index (χ0n) is 10.3. The summed E-state index contributed by atoms with van der Waals surface area (Å²) in [5.74, 6) is -0.894. The van der Waals surface area contributed by atoms with Gasteiger partial charge in [-0.15, -0.1) is 0 Å². The van der Waals surface area contributed by atoms with Crippen LogP contribution in [0.3, 0.4) is 0 Å². The molecule has 0 radical (unpaired) electrons. The quantitative estimate of drug-likeness (QED) is 0.833. The Morgan fingerprint density at radius 2 is 1.95 bits per heavy atom. The molecule has 0 spiro atoms. The van der Waals surface area contributed by atoms with Gasteiger partial charge in [-0.3, -0.25) is 0 Å². The van der Waals surface area contributed by atoms with Crippen LogP contribution in [0, 0.1) is 0 Å². The molecular formula is C14H13NO2S2. The molecule has 0 bridgehead atoms. The Hall–Kier alpha value is -1.46. The number of rotatable bonds is 5. The van der Waals surface area contributed by atoms with Crippen LogP contribution in [0.5, 0.6) is 0 Å². The van der Waals surface area contributed by atoms with E-state index in [0.717, 1.165) is 10.6 Å². The molecule has 2 rings (SSSR count). The number of hydrogen-bond acceptors (Lipinski definition) is 4. The Bertz CT molecular complexity index is 543. The minimum Gasteiger partial charge on any atom is -0.478 e. The molecular weight excluding hydrogens is 278 g/mol. The van der Waals surface area contributed by atoms with Crippen molar-refractivity contribution < 1.29 is 9.90 Å². The van der Waals surface area contributed by atoms with E-state index < -0.39 is 5.97 Å². The van der Waals surface area contributed by atoms with Crippen molar-refractivity contribution in [2.24, 2.45) is 0 Å². The predicted octanol–water partition coefficient (Wildman–Crippen LogP) is 4.28. The van der Waals surface area contributed by atoms with Crippen LogP contribution < -0.4 is 0 Å². The van der Waals surface area contributed by atoms with Crippen molar-refractivity contribution in [3.8, 4) is 0 Å². The van der Waals surface area contributed by atoms with Gasteiger partial charge in [0.2, 0.25) is 0 Å². The maximum atomic E-state index is 10.8. The lowest BCUT2D eigenvalue weighted by Gasteiger charge is -2.10. The molecule has 0 saturated carbocycles. The summed E-state index contributed by atoms with van der Waals surface area (Å²) < 4.78 is 0. The van der Waals surface area contributed by atoms with Crippen LogP contribution in [0.2, 0.25) is 0 Å². The molecule has 5 heteroatoms. The highest BCUT2D eigenvalue weighted by Crippen LogP contribution is 2.41. The number of hydrogen-bond donors (Lipinski definition) is 1. The Morgan fingerprint density at radius 3 is 2.53 bits per heavy atom. The summed E-state index contributed by atoms with van der Waals surface area (Å²) in [7, 11) is 3.33. The third kappa shape index (κ3) is 4.01. The van der Waals surface area contributed by atoms with Gasteiger partial charge < -0.3 is 5.11 Å². The smallest absolute Gasteiger partial charge is 0.335 e. The lowest BCUT2D eigenvalue weighted by molar-refractivity contribution is 0.0697. The van der Waals surface area contributed by atoms with E-state index in [1.54, 1.807) is 39.9 Å². The molecule has 1 atom stereocenters. The van der Waals surface area contributed by atoms with E-state index in [1.165, 1.54) is 0 Å². The molecule has 1 unspecified atom stereocenters. The van der Waals surface area contributed by atoms with Crippen LogP contribution in [0.4, 0.5) is 0 Å². The maximum Gasteiger partial charge on any atom is 0.335 e. The number of nitrogens with zero attached hydrogens (tertiary/aromatic N) is 1. The average molecular weight is 291 g/mol. The second-order valence-electron chi connectivity index (χ2n) is 3.92. The van der Waals surface area contributed by atoms with Gasteiger partial charge in [-0.05, 0) is 47.5 Å². The van der Waals surface area contributed by atoms with Crippen LogP contribution in [-0.2, 0) is 0 Å². The monoisotopic (exact) mass is 291 g/mol. The van der Waals surface area contributed by atoms with E-state index >= 15 is 0 Å². The zero-order valence-corrected chi connectivity index (χ0v) is 11.9. The third-order valence-corrected chi connectivity index (χ3v) is 5.28. The minimum absolute atomic E-state index is 0.273. The van der Waals surface area contributed by atoms with Gasteiger partial charge in [0.25, 0.3) is 0 Å². The molecule has 0 saturated heterocycles. The molecule has 1 heterocycles. The van der Waals surface area contributed by atoms with Crippen molar-refractivity contribution in [3.63, 3.8) is 0 Å². The van der Waals surface area contributed by atoms with Gasteiger partial charge in [0, 0.05) is 11.4 Å². The van der Waals surface area contributed by atoms with E-state index in [4.69, 9.17) is 5.11 Å². The molecule has 0 aliphatic carbocycles. The first-order chi connectivity index (χ1) is 9.16. The molecule has 2 aromatic rings. The molecule has 0 aliphatic rings. The molecule has 1 aromatic heterocycles. The van der Waals surface area contributed by atoms with E-state index in [0.29, 0.717) is 5.56 Å². The molecule has 3 nitrogen and oxygen atoms in total. The molecule has 0 fully saturated rings. The summed E-state index contributed by atoms with van der Waals surface area (Å²) in [6.45, 7) is 2.09. The number of carboxylic acid groups (broad SMARTS) is 1. The molecule has 1 aromatic carbocycles. The van der Waals surface area contributed by atoms with Crippen molar-refractivity contribution in [1.29, 1.82) is 0 Å². The summed E-state index contributed by atoms with van der Waals surface area (Å²) in [5.41, 5.74) is 1.43. The second-order valence-corrected chi connectivity index (χ2v) is 6.48. The number of aromatic nitrogens is 1. The highest BCUT2D eigenvalue weighted by Gasteiger charge is 2.09. The maximum absolute atomic E-state index is 10.8. The Morgan fingerprint density at radius 1 is 1.21 bits per heavy atom. The first-order valence-electron chi connectivity index (χ1n) is 5.74. The number of benzene rings is 1. The van der Waals surface area contributed by atoms with Crippen LogP contribution in [0.15, 0.2) is 53.7 Å². The second kappa shape index (κ2) is 6.63. The SMILES string of the molecule is CC(SSc1ccccn1)c1ccc(C(=O)O)cc1. The number of aromatic carboxylic acids is 1. The standard InChI is InChI=1S/C14H13NO2S2/c1-10(18-19-13-4-2-3-9-15-13)11-5-7-12(8-6-11)14(16)17/h2-10H,1H3,(H,16,17). The fourth-order valence-corrected chi connectivity index (χ4v) is 3.58. The number of carbonyl (C=O) groups is 1. The first kappa shape index (κ1) is 14.0. The van der Waals surface area contributed by atoms with E-state index in [2.05, 4.69) is 11.9 Å². The van der Waals surface area contributed by atoms with Crippen LogP contribution in [0.1, 0.15) is 28.1 Å². The van der Waals surface area contributed by atoms with E-state index in [9.17, 15) is 4.79 Å². The summed E-state index contributed by atoms with van der Waals surface area (Å²) in [4.78, 5) is 15.0. The third-order valence-electron chi connectivity index (χ3n) is 2.54. The molecule has 19 heavy (non-hydrogen) atoms.